The number of aromatic hydroxyl groups is 1. The van der Waals surface area contributed by atoms with Crippen LogP contribution in [0.4, 0.5) is 0 Å². The van der Waals surface area contributed by atoms with Crippen molar-refractivity contribution in [3.05, 3.63) is 28.2 Å². The Balaban J connectivity index is 1.43. The standard InChI is InChI=1S/C22H32BrN3O4/c1-16(13-17-3-4-20(27)19(23)14-17)22(29)26-11-9-25(10-12-26)18-5-7-24(8-6-18)15-21(28)30-2/h3-4,14,16,18,27H,5-13,15H2,1-2H3/t16-/m1/s1. The van der Waals surface area contributed by atoms with E-state index in [1.54, 1.807) is 6.07 Å². The second kappa shape index (κ2) is 10.6. The minimum atomic E-state index is -0.172. The van der Waals surface area contributed by atoms with Gasteiger partial charge in [0.1, 0.15) is 5.75 Å². The van der Waals surface area contributed by atoms with Gasteiger partial charge in [0, 0.05) is 51.2 Å². The van der Waals surface area contributed by atoms with Gasteiger partial charge in [-0.15, -0.1) is 0 Å². The first-order valence-corrected chi connectivity index (χ1v) is 11.5. The smallest absolute Gasteiger partial charge is 0.319 e. The molecule has 2 aliphatic rings. The number of carbonyl (C=O) groups is 2. The highest BCUT2D eigenvalue weighted by Crippen LogP contribution is 2.26. The molecule has 2 fully saturated rings. The van der Waals surface area contributed by atoms with Crippen LogP contribution in [0.25, 0.3) is 0 Å². The largest absolute Gasteiger partial charge is 0.507 e. The molecule has 0 aromatic heterocycles. The Bertz CT molecular complexity index is 744. The van der Waals surface area contributed by atoms with Crippen LogP contribution in [-0.2, 0) is 20.7 Å². The predicted molar refractivity (Wildman–Crippen MR) is 118 cm³/mol. The normalized spacial score (nSPS) is 20.2. The minimum absolute atomic E-state index is 0.0884. The summed E-state index contributed by atoms with van der Waals surface area (Å²) in [7, 11) is 1.43. The predicted octanol–water partition coefficient (Wildman–Crippen LogP) is 2.11. The lowest BCUT2D eigenvalue weighted by molar-refractivity contribution is -0.142. The van der Waals surface area contributed by atoms with E-state index < -0.39 is 0 Å². The number of piperazine rings is 1. The molecule has 0 saturated carbocycles. The molecule has 2 aliphatic heterocycles. The Morgan fingerprint density at radius 2 is 1.83 bits per heavy atom. The molecule has 1 aromatic carbocycles. The number of phenols is 1. The Hall–Kier alpha value is -1.64. The third-order valence-electron chi connectivity index (χ3n) is 6.26. The quantitative estimate of drug-likeness (QED) is 0.627. The third kappa shape index (κ3) is 5.95. The summed E-state index contributed by atoms with van der Waals surface area (Å²) in [6, 6.07) is 5.94. The molecule has 0 bridgehead atoms. The number of hydrogen-bond donors (Lipinski definition) is 1. The summed E-state index contributed by atoms with van der Waals surface area (Å²) in [6.07, 6.45) is 2.77. The van der Waals surface area contributed by atoms with Crippen molar-refractivity contribution in [3.8, 4) is 5.75 Å². The van der Waals surface area contributed by atoms with E-state index in [2.05, 4.69) is 25.7 Å². The maximum atomic E-state index is 12.9. The number of phenolic OH excluding ortho intramolecular Hbond substituents is 1. The first-order chi connectivity index (χ1) is 14.4. The van der Waals surface area contributed by atoms with Gasteiger partial charge in [0.2, 0.25) is 5.91 Å². The summed E-state index contributed by atoms with van der Waals surface area (Å²) in [5, 5.41) is 9.64. The maximum absolute atomic E-state index is 12.9. The van der Waals surface area contributed by atoms with E-state index in [0.29, 0.717) is 23.5 Å². The molecule has 8 heteroatoms. The van der Waals surface area contributed by atoms with Gasteiger partial charge in [-0.05, 0) is 52.9 Å². The van der Waals surface area contributed by atoms with Crippen molar-refractivity contribution in [2.45, 2.75) is 32.2 Å². The number of methoxy groups -OCH3 is 1. The van der Waals surface area contributed by atoms with Gasteiger partial charge in [0.25, 0.3) is 0 Å². The van der Waals surface area contributed by atoms with Crippen molar-refractivity contribution in [1.82, 2.24) is 14.7 Å². The van der Waals surface area contributed by atoms with Crippen LogP contribution in [0, 0.1) is 5.92 Å². The molecular formula is C22H32BrN3O4. The van der Waals surface area contributed by atoms with Gasteiger partial charge in [0.15, 0.2) is 0 Å². The van der Waals surface area contributed by atoms with Gasteiger partial charge >= 0.3 is 5.97 Å². The molecule has 1 N–H and O–H groups in total. The third-order valence-corrected chi connectivity index (χ3v) is 6.89. The number of amides is 1. The fourth-order valence-electron chi connectivity index (χ4n) is 4.43. The molecule has 1 atom stereocenters. The Labute approximate surface area is 187 Å². The van der Waals surface area contributed by atoms with Crippen molar-refractivity contribution in [1.29, 1.82) is 0 Å². The lowest BCUT2D eigenvalue weighted by Gasteiger charge is -2.43. The van der Waals surface area contributed by atoms with Crippen molar-refractivity contribution in [2.24, 2.45) is 5.92 Å². The summed E-state index contributed by atoms with van der Waals surface area (Å²) in [5.74, 6) is 0.153. The second-order valence-electron chi connectivity index (χ2n) is 8.34. The second-order valence-corrected chi connectivity index (χ2v) is 9.19. The molecule has 0 unspecified atom stereocenters. The number of halogens is 1. The summed E-state index contributed by atoms with van der Waals surface area (Å²) in [4.78, 5) is 31.0. The number of likely N-dealkylation sites (tertiary alicyclic amines) is 1. The van der Waals surface area contributed by atoms with Crippen LogP contribution in [0.3, 0.4) is 0 Å². The van der Waals surface area contributed by atoms with E-state index in [9.17, 15) is 14.7 Å². The Morgan fingerprint density at radius 3 is 2.43 bits per heavy atom. The molecule has 1 amide bonds. The zero-order valence-corrected chi connectivity index (χ0v) is 19.4. The van der Waals surface area contributed by atoms with Gasteiger partial charge in [-0.1, -0.05) is 13.0 Å². The Kier molecular flexibility index (Phi) is 8.13. The molecule has 2 heterocycles. The molecule has 0 radical (unpaired) electrons. The molecule has 7 nitrogen and oxygen atoms in total. The molecule has 30 heavy (non-hydrogen) atoms. The average molecular weight is 482 g/mol. The molecular weight excluding hydrogens is 450 g/mol. The zero-order chi connectivity index (χ0) is 21.7. The van der Waals surface area contributed by atoms with E-state index in [0.717, 1.165) is 57.7 Å². The SMILES string of the molecule is COC(=O)CN1CCC(N2CCN(C(=O)[C@H](C)Cc3ccc(O)c(Br)c3)CC2)CC1. The van der Waals surface area contributed by atoms with E-state index in [1.807, 2.05) is 24.0 Å². The average Bonchev–Trinajstić information content (AvgIpc) is 2.76. The van der Waals surface area contributed by atoms with Crippen molar-refractivity contribution < 1.29 is 19.4 Å². The number of nitrogens with zero attached hydrogens (tertiary/aromatic N) is 3. The number of rotatable bonds is 6. The highest BCUT2D eigenvalue weighted by molar-refractivity contribution is 9.10. The summed E-state index contributed by atoms with van der Waals surface area (Å²) in [6.45, 7) is 7.54. The topological polar surface area (TPSA) is 73.3 Å². The van der Waals surface area contributed by atoms with Crippen LogP contribution in [0.5, 0.6) is 5.75 Å². The molecule has 1 aromatic rings. The van der Waals surface area contributed by atoms with Gasteiger partial charge in [-0.2, -0.15) is 0 Å². The van der Waals surface area contributed by atoms with Gasteiger partial charge in [-0.25, -0.2) is 0 Å². The van der Waals surface area contributed by atoms with Crippen molar-refractivity contribution in [3.63, 3.8) is 0 Å². The number of ether oxygens (including phenoxy) is 1. The molecule has 0 aliphatic carbocycles. The first-order valence-electron chi connectivity index (χ1n) is 10.7. The number of hydrogen-bond acceptors (Lipinski definition) is 6. The summed E-state index contributed by atoms with van der Waals surface area (Å²) >= 11 is 3.34. The van der Waals surface area contributed by atoms with Crippen LogP contribution >= 0.6 is 15.9 Å². The Morgan fingerprint density at radius 1 is 1.17 bits per heavy atom. The minimum Gasteiger partial charge on any atom is -0.507 e. The fraction of sp³-hybridized carbons (Fsp3) is 0.636. The van der Waals surface area contributed by atoms with Gasteiger partial charge in [0.05, 0.1) is 18.1 Å². The maximum Gasteiger partial charge on any atom is 0.319 e. The van der Waals surface area contributed by atoms with Gasteiger partial charge in [-0.3, -0.25) is 19.4 Å². The molecule has 3 rings (SSSR count). The highest BCUT2D eigenvalue weighted by atomic mass is 79.9. The molecule has 0 spiro atoms. The molecule has 2 saturated heterocycles. The van der Waals surface area contributed by atoms with Crippen LogP contribution in [-0.4, -0.2) is 90.6 Å². The number of piperidine rings is 1. The van der Waals surface area contributed by atoms with E-state index in [4.69, 9.17) is 4.74 Å². The van der Waals surface area contributed by atoms with Crippen molar-refractivity contribution >= 4 is 27.8 Å². The van der Waals surface area contributed by atoms with E-state index >= 15 is 0 Å². The summed E-state index contributed by atoms with van der Waals surface area (Å²) < 4.78 is 5.41. The van der Waals surface area contributed by atoms with Crippen LogP contribution in [0.1, 0.15) is 25.3 Å². The van der Waals surface area contributed by atoms with Crippen LogP contribution in [0.15, 0.2) is 22.7 Å². The monoisotopic (exact) mass is 481 g/mol. The summed E-state index contributed by atoms with van der Waals surface area (Å²) in [5.41, 5.74) is 1.04. The number of benzene rings is 1. The highest BCUT2D eigenvalue weighted by Gasteiger charge is 2.30. The lowest BCUT2D eigenvalue weighted by Crippen LogP contribution is -2.55. The van der Waals surface area contributed by atoms with Gasteiger partial charge < -0.3 is 14.7 Å². The zero-order valence-electron chi connectivity index (χ0n) is 17.8. The molecule has 166 valence electrons. The van der Waals surface area contributed by atoms with Crippen molar-refractivity contribution in [2.75, 3.05) is 52.9 Å². The van der Waals surface area contributed by atoms with E-state index in [1.165, 1.54) is 7.11 Å². The number of carbonyl (C=O) groups excluding carboxylic acids is 2. The fourth-order valence-corrected chi connectivity index (χ4v) is 4.85. The van der Waals surface area contributed by atoms with Crippen LogP contribution < -0.4 is 0 Å². The number of esters is 1. The van der Waals surface area contributed by atoms with E-state index in [-0.39, 0.29) is 23.5 Å². The first kappa shape index (κ1) is 23.0. The van der Waals surface area contributed by atoms with Crippen LogP contribution in [0.2, 0.25) is 0 Å². The lowest BCUT2D eigenvalue weighted by atomic mass is 9.98.